The first-order valence-corrected chi connectivity index (χ1v) is 7.59. The zero-order valence-corrected chi connectivity index (χ0v) is 12.4. The molecule has 3 N–H and O–H groups in total. The Hall–Kier alpha value is -1.71. The largest absolute Gasteiger partial charge is 0.385 e. The highest BCUT2D eigenvalue weighted by atomic mass is 15.3. The molecule has 1 atom stereocenters. The first kappa shape index (κ1) is 14.7. The molecule has 0 bridgehead atoms. The third-order valence-electron chi connectivity index (χ3n) is 3.69. The van der Waals surface area contributed by atoms with Crippen molar-refractivity contribution in [3.63, 3.8) is 0 Å². The van der Waals surface area contributed by atoms with Crippen molar-refractivity contribution >= 4 is 11.6 Å². The molecule has 20 heavy (non-hydrogen) atoms. The van der Waals surface area contributed by atoms with E-state index in [1.165, 1.54) is 12.8 Å². The number of hydrogen-bond acceptors (Lipinski definition) is 2. The first-order valence-electron chi connectivity index (χ1n) is 7.59. The summed E-state index contributed by atoms with van der Waals surface area (Å²) in [6.07, 6.45) is 3.54. The molecule has 1 unspecified atom stereocenters. The number of benzene rings is 1. The highest BCUT2D eigenvalue weighted by molar-refractivity contribution is 5.78. The van der Waals surface area contributed by atoms with Crippen LogP contribution in [-0.2, 0) is 0 Å². The smallest absolute Gasteiger partial charge is 0.191 e. The lowest BCUT2D eigenvalue weighted by Gasteiger charge is -2.31. The van der Waals surface area contributed by atoms with Gasteiger partial charge in [0.05, 0.1) is 0 Å². The van der Waals surface area contributed by atoms with Crippen LogP contribution in [0.5, 0.6) is 0 Å². The number of aliphatic imine (C=N–C) groups is 1. The second-order valence-corrected chi connectivity index (χ2v) is 5.58. The summed E-state index contributed by atoms with van der Waals surface area (Å²) in [6, 6.07) is 10.3. The number of nitrogens with zero attached hydrogens (tertiary/aromatic N) is 2. The number of likely N-dealkylation sites (tertiary alicyclic amines) is 1. The highest BCUT2D eigenvalue weighted by Gasteiger charge is 2.17. The van der Waals surface area contributed by atoms with Gasteiger partial charge < -0.3 is 16.0 Å². The molecule has 1 aliphatic rings. The van der Waals surface area contributed by atoms with Crippen molar-refractivity contribution in [3.05, 3.63) is 30.3 Å². The zero-order valence-electron chi connectivity index (χ0n) is 12.4. The van der Waals surface area contributed by atoms with Crippen molar-refractivity contribution < 1.29 is 0 Å². The highest BCUT2D eigenvalue weighted by Crippen LogP contribution is 2.14. The Kier molecular flexibility index (Phi) is 5.71. The summed E-state index contributed by atoms with van der Waals surface area (Å²) in [5.74, 6) is 1.45. The van der Waals surface area contributed by atoms with E-state index in [4.69, 9.17) is 5.73 Å². The van der Waals surface area contributed by atoms with Crippen LogP contribution in [0.2, 0.25) is 0 Å². The van der Waals surface area contributed by atoms with Gasteiger partial charge in [0.2, 0.25) is 0 Å². The Morgan fingerprint density at radius 1 is 1.40 bits per heavy atom. The molecule has 0 saturated carbocycles. The van der Waals surface area contributed by atoms with Gasteiger partial charge in [-0.2, -0.15) is 0 Å². The van der Waals surface area contributed by atoms with E-state index in [0.29, 0.717) is 0 Å². The van der Waals surface area contributed by atoms with E-state index in [9.17, 15) is 0 Å². The van der Waals surface area contributed by atoms with Crippen LogP contribution in [0, 0.1) is 5.92 Å². The molecule has 1 fully saturated rings. The van der Waals surface area contributed by atoms with Crippen LogP contribution in [0.15, 0.2) is 35.3 Å². The summed E-state index contributed by atoms with van der Waals surface area (Å²) in [4.78, 5) is 6.71. The van der Waals surface area contributed by atoms with Gasteiger partial charge in [-0.1, -0.05) is 25.1 Å². The summed E-state index contributed by atoms with van der Waals surface area (Å²) in [6.45, 7) is 6.11. The van der Waals surface area contributed by atoms with Gasteiger partial charge >= 0.3 is 0 Å². The summed E-state index contributed by atoms with van der Waals surface area (Å²) in [7, 11) is 0. The van der Waals surface area contributed by atoms with Crippen molar-refractivity contribution in [2.24, 2.45) is 16.6 Å². The third kappa shape index (κ3) is 4.76. The van der Waals surface area contributed by atoms with Crippen molar-refractivity contribution in [2.75, 3.05) is 31.5 Å². The van der Waals surface area contributed by atoms with Crippen molar-refractivity contribution in [1.82, 2.24) is 4.90 Å². The second-order valence-electron chi connectivity index (χ2n) is 5.58. The van der Waals surface area contributed by atoms with Gasteiger partial charge in [-0.3, -0.25) is 4.99 Å². The lowest BCUT2D eigenvalue weighted by atomic mass is 10.0. The van der Waals surface area contributed by atoms with Crippen LogP contribution in [0.4, 0.5) is 5.69 Å². The van der Waals surface area contributed by atoms with Crippen LogP contribution >= 0.6 is 0 Å². The van der Waals surface area contributed by atoms with Crippen LogP contribution in [0.25, 0.3) is 0 Å². The van der Waals surface area contributed by atoms with Crippen LogP contribution in [-0.4, -0.2) is 37.0 Å². The monoisotopic (exact) mass is 274 g/mol. The fourth-order valence-corrected chi connectivity index (χ4v) is 2.56. The number of hydrogen-bond donors (Lipinski definition) is 2. The molecule has 4 nitrogen and oxygen atoms in total. The maximum Gasteiger partial charge on any atom is 0.191 e. The average molecular weight is 274 g/mol. The molecule has 1 aliphatic heterocycles. The molecule has 110 valence electrons. The van der Waals surface area contributed by atoms with Crippen LogP contribution < -0.4 is 11.1 Å². The van der Waals surface area contributed by atoms with E-state index < -0.39 is 0 Å². The molecule has 0 aliphatic carbocycles. The van der Waals surface area contributed by atoms with E-state index in [0.717, 1.165) is 50.2 Å². The van der Waals surface area contributed by atoms with Crippen molar-refractivity contribution in [3.8, 4) is 0 Å². The number of rotatable bonds is 5. The van der Waals surface area contributed by atoms with Crippen LogP contribution in [0.1, 0.15) is 26.2 Å². The Labute approximate surface area is 122 Å². The summed E-state index contributed by atoms with van der Waals surface area (Å²) < 4.78 is 0. The molecule has 1 aromatic rings. The molecule has 0 amide bonds. The SMILES string of the molecule is CC1CCCN(C(N)=NCCCNc2ccccc2)C1. The number of guanidine groups is 1. The molecule has 0 aromatic heterocycles. The summed E-state index contributed by atoms with van der Waals surface area (Å²) >= 11 is 0. The maximum atomic E-state index is 6.06. The van der Waals surface area contributed by atoms with E-state index in [1.54, 1.807) is 0 Å². The van der Waals surface area contributed by atoms with E-state index >= 15 is 0 Å². The van der Waals surface area contributed by atoms with Gasteiger partial charge in [0.15, 0.2) is 5.96 Å². The molecular weight excluding hydrogens is 248 g/mol. The number of anilines is 1. The predicted molar refractivity (Wildman–Crippen MR) is 86.0 cm³/mol. The van der Waals surface area contributed by atoms with Crippen LogP contribution in [0.3, 0.4) is 0 Å². The van der Waals surface area contributed by atoms with E-state index in [-0.39, 0.29) is 0 Å². The molecule has 4 heteroatoms. The van der Waals surface area contributed by atoms with Gasteiger partial charge in [0.1, 0.15) is 0 Å². The minimum Gasteiger partial charge on any atom is -0.385 e. The van der Waals surface area contributed by atoms with Crippen molar-refractivity contribution in [1.29, 1.82) is 0 Å². The number of para-hydroxylation sites is 1. The summed E-state index contributed by atoms with van der Waals surface area (Å²) in [5, 5.41) is 3.38. The normalized spacial score (nSPS) is 19.9. The summed E-state index contributed by atoms with van der Waals surface area (Å²) in [5.41, 5.74) is 7.22. The molecule has 1 saturated heterocycles. The minimum atomic E-state index is 0.719. The topological polar surface area (TPSA) is 53.6 Å². The number of piperidine rings is 1. The first-order chi connectivity index (χ1) is 9.75. The fraction of sp³-hybridized carbons (Fsp3) is 0.562. The van der Waals surface area contributed by atoms with Gasteiger partial charge in [0, 0.05) is 31.9 Å². The van der Waals surface area contributed by atoms with Gasteiger partial charge in [-0.25, -0.2) is 0 Å². The van der Waals surface area contributed by atoms with Gasteiger partial charge in [-0.05, 0) is 37.3 Å². The van der Waals surface area contributed by atoms with E-state index in [1.807, 2.05) is 18.2 Å². The Bertz CT molecular complexity index is 416. The molecule has 2 rings (SSSR count). The Morgan fingerprint density at radius 2 is 2.20 bits per heavy atom. The third-order valence-corrected chi connectivity index (χ3v) is 3.69. The quantitative estimate of drug-likeness (QED) is 0.493. The van der Waals surface area contributed by atoms with Gasteiger partial charge in [0.25, 0.3) is 0 Å². The molecule has 1 heterocycles. The standard InChI is InChI=1S/C16H26N4/c1-14-7-5-12-20(13-14)16(17)19-11-6-10-18-15-8-3-2-4-9-15/h2-4,8-9,14,18H,5-7,10-13H2,1H3,(H2,17,19). The Morgan fingerprint density at radius 3 is 2.95 bits per heavy atom. The number of nitrogens with one attached hydrogen (secondary N) is 1. The lowest BCUT2D eigenvalue weighted by Crippen LogP contribution is -2.43. The lowest BCUT2D eigenvalue weighted by molar-refractivity contribution is 0.270. The van der Waals surface area contributed by atoms with E-state index in [2.05, 4.69) is 34.3 Å². The fourth-order valence-electron chi connectivity index (χ4n) is 2.56. The molecule has 0 radical (unpaired) electrons. The minimum absolute atomic E-state index is 0.719. The second kappa shape index (κ2) is 7.78. The van der Waals surface area contributed by atoms with Gasteiger partial charge in [-0.15, -0.1) is 0 Å². The molecule has 0 spiro atoms. The predicted octanol–water partition coefficient (Wildman–Crippen LogP) is 2.54. The molecule has 1 aromatic carbocycles. The van der Waals surface area contributed by atoms with Crippen molar-refractivity contribution in [2.45, 2.75) is 26.2 Å². The Balaban J connectivity index is 1.65. The number of nitrogens with two attached hydrogens (primary N) is 1. The zero-order chi connectivity index (χ0) is 14.2. The average Bonchev–Trinajstić information content (AvgIpc) is 2.48. The molecular formula is C16H26N4. The maximum absolute atomic E-state index is 6.06.